The summed E-state index contributed by atoms with van der Waals surface area (Å²) in [5.41, 5.74) is 2.30. The average Bonchev–Trinajstić information content (AvgIpc) is 2.54. The van der Waals surface area contributed by atoms with Crippen LogP contribution in [0.2, 0.25) is 0 Å². The lowest BCUT2D eigenvalue weighted by molar-refractivity contribution is -0.116. The van der Waals surface area contributed by atoms with Gasteiger partial charge in [-0.05, 0) is 29.8 Å². The van der Waals surface area contributed by atoms with Gasteiger partial charge in [-0.15, -0.1) is 0 Å². The monoisotopic (exact) mass is 298 g/mol. The fraction of sp³-hybridized carbons (Fsp3) is 0.176. The first kappa shape index (κ1) is 15.6. The molecule has 0 saturated carbocycles. The third-order valence-corrected chi connectivity index (χ3v) is 3.19. The molecule has 5 heteroatoms. The minimum atomic E-state index is -0.517. The first-order valence-electron chi connectivity index (χ1n) is 6.88. The highest BCUT2D eigenvalue weighted by Crippen LogP contribution is 2.17. The van der Waals surface area contributed by atoms with E-state index in [1.807, 2.05) is 30.3 Å². The molecule has 2 aromatic carbocycles. The summed E-state index contributed by atoms with van der Waals surface area (Å²) in [7, 11) is 1.69. The van der Waals surface area contributed by atoms with Crippen LogP contribution in [0.3, 0.4) is 0 Å². The van der Waals surface area contributed by atoms with Crippen molar-refractivity contribution in [2.75, 3.05) is 17.3 Å². The van der Waals surface area contributed by atoms with Crippen LogP contribution in [-0.2, 0) is 16.1 Å². The summed E-state index contributed by atoms with van der Waals surface area (Å²) in [4.78, 5) is 24.5. The van der Waals surface area contributed by atoms with Crippen molar-refractivity contribution in [2.24, 2.45) is 0 Å². The largest absolute Gasteiger partial charge is 0.444 e. The van der Waals surface area contributed by atoms with Crippen LogP contribution in [0.5, 0.6) is 0 Å². The highest BCUT2D eigenvalue weighted by molar-refractivity contribution is 5.91. The highest BCUT2D eigenvalue weighted by Gasteiger charge is 2.07. The molecule has 1 N–H and O–H groups in total. The van der Waals surface area contributed by atoms with Crippen molar-refractivity contribution < 1.29 is 14.3 Å². The van der Waals surface area contributed by atoms with Crippen LogP contribution >= 0.6 is 0 Å². The Labute approximate surface area is 129 Å². The van der Waals surface area contributed by atoms with Crippen molar-refractivity contribution in [1.29, 1.82) is 0 Å². The number of carbonyl (C=O) groups excluding carboxylic acids is 2. The Bertz CT molecular complexity index is 639. The minimum absolute atomic E-state index is 0.0528. The van der Waals surface area contributed by atoms with Crippen molar-refractivity contribution in [2.45, 2.75) is 13.5 Å². The molecule has 0 spiro atoms. The number of carbonyl (C=O) groups is 2. The van der Waals surface area contributed by atoms with Gasteiger partial charge in [-0.2, -0.15) is 0 Å². The number of nitrogens with one attached hydrogen (secondary N) is 1. The molecule has 5 nitrogen and oxygen atoms in total. The summed E-state index contributed by atoms with van der Waals surface area (Å²) in [5, 5.41) is 2.64. The van der Waals surface area contributed by atoms with E-state index in [9.17, 15) is 9.59 Å². The highest BCUT2D eigenvalue weighted by atomic mass is 16.5. The van der Waals surface area contributed by atoms with Gasteiger partial charge in [-0.25, -0.2) is 4.79 Å². The van der Waals surface area contributed by atoms with Gasteiger partial charge < -0.3 is 9.64 Å². The Morgan fingerprint density at radius 1 is 1.05 bits per heavy atom. The second-order valence-corrected chi connectivity index (χ2v) is 4.81. The summed E-state index contributed by atoms with van der Waals surface area (Å²) in [6, 6.07) is 16.4. The van der Waals surface area contributed by atoms with E-state index in [2.05, 4.69) is 5.32 Å². The number of ether oxygens (including phenoxy) is 1. The molecule has 0 saturated heterocycles. The lowest BCUT2D eigenvalue weighted by Crippen LogP contribution is -2.22. The van der Waals surface area contributed by atoms with E-state index in [4.69, 9.17) is 4.74 Å². The zero-order valence-electron chi connectivity index (χ0n) is 12.6. The Morgan fingerprint density at radius 3 is 2.27 bits per heavy atom. The molecule has 0 aromatic heterocycles. The molecular weight excluding hydrogens is 280 g/mol. The number of anilines is 2. The molecule has 0 unspecified atom stereocenters. The van der Waals surface area contributed by atoms with E-state index in [0.717, 1.165) is 11.3 Å². The molecule has 0 aliphatic rings. The molecular formula is C17H18N2O3. The fourth-order valence-corrected chi connectivity index (χ4v) is 1.83. The smallest absolute Gasteiger partial charge is 0.411 e. The van der Waals surface area contributed by atoms with Gasteiger partial charge in [0.25, 0.3) is 0 Å². The van der Waals surface area contributed by atoms with Gasteiger partial charge in [0, 0.05) is 25.3 Å². The Morgan fingerprint density at radius 2 is 1.68 bits per heavy atom. The van der Waals surface area contributed by atoms with Crippen LogP contribution in [0.1, 0.15) is 12.5 Å². The van der Waals surface area contributed by atoms with Crippen LogP contribution in [-0.4, -0.2) is 19.0 Å². The molecule has 0 atom stereocenters. The van der Waals surface area contributed by atoms with Gasteiger partial charge in [0.05, 0.1) is 0 Å². The molecule has 22 heavy (non-hydrogen) atoms. The van der Waals surface area contributed by atoms with Gasteiger partial charge in [-0.1, -0.05) is 30.3 Å². The normalized spacial score (nSPS) is 9.91. The minimum Gasteiger partial charge on any atom is -0.444 e. The molecule has 2 aromatic rings. The first-order valence-corrected chi connectivity index (χ1v) is 6.88. The maximum absolute atomic E-state index is 11.7. The molecule has 0 aliphatic carbocycles. The molecule has 0 bridgehead atoms. The predicted molar refractivity (Wildman–Crippen MR) is 85.8 cm³/mol. The van der Waals surface area contributed by atoms with E-state index in [1.54, 1.807) is 31.3 Å². The van der Waals surface area contributed by atoms with Crippen LogP contribution in [0.15, 0.2) is 54.6 Å². The maximum atomic E-state index is 11.7. The van der Waals surface area contributed by atoms with Crippen LogP contribution in [0, 0.1) is 0 Å². The molecule has 0 heterocycles. The molecule has 0 aliphatic heterocycles. The zero-order valence-corrected chi connectivity index (χ0v) is 12.6. The summed E-state index contributed by atoms with van der Waals surface area (Å²) in [6.45, 7) is 1.71. The van der Waals surface area contributed by atoms with Gasteiger partial charge >= 0.3 is 6.09 Å². The third kappa shape index (κ3) is 4.34. The molecule has 2 rings (SSSR count). The Balaban J connectivity index is 1.88. The number of rotatable bonds is 4. The quantitative estimate of drug-likeness (QED) is 0.941. The Kier molecular flexibility index (Phi) is 5.14. The van der Waals surface area contributed by atoms with Gasteiger partial charge in [0.2, 0.25) is 5.91 Å². The molecule has 2 amide bonds. The average molecular weight is 298 g/mol. The summed E-state index contributed by atoms with van der Waals surface area (Å²) < 4.78 is 5.13. The summed E-state index contributed by atoms with van der Waals surface area (Å²) in [6.07, 6.45) is -0.517. The number of nitrogens with zero attached hydrogens (tertiary/aromatic N) is 1. The number of benzene rings is 2. The second kappa shape index (κ2) is 7.26. The third-order valence-electron chi connectivity index (χ3n) is 3.19. The number of hydrogen-bond acceptors (Lipinski definition) is 3. The zero-order chi connectivity index (χ0) is 15.9. The van der Waals surface area contributed by atoms with Gasteiger partial charge in [-0.3, -0.25) is 10.1 Å². The van der Waals surface area contributed by atoms with E-state index in [0.29, 0.717) is 5.69 Å². The van der Waals surface area contributed by atoms with Crippen molar-refractivity contribution in [3.8, 4) is 0 Å². The van der Waals surface area contributed by atoms with E-state index in [-0.39, 0.29) is 12.5 Å². The molecule has 114 valence electrons. The van der Waals surface area contributed by atoms with Crippen LogP contribution in [0.25, 0.3) is 0 Å². The standard InChI is InChI=1S/C17H18N2O3/c1-13(20)19(2)16-10-8-15(9-11-16)18-17(21)22-12-14-6-4-3-5-7-14/h3-11H,12H2,1-2H3,(H,18,21). The first-order chi connectivity index (χ1) is 10.6. The van der Waals surface area contributed by atoms with Crippen LogP contribution < -0.4 is 10.2 Å². The van der Waals surface area contributed by atoms with Crippen molar-refractivity contribution in [3.05, 3.63) is 60.2 Å². The molecule has 0 radical (unpaired) electrons. The van der Waals surface area contributed by atoms with Gasteiger partial charge in [0.15, 0.2) is 0 Å². The topological polar surface area (TPSA) is 58.6 Å². The lowest BCUT2D eigenvalue weighted by atomic mass is 10.2. The summed E-state index contributed by atoms with van der Waals surface area (Å²) in [5.74, 6) is -0.0528. The van der Waals surface area contributed by atoms with Gasteiger partial charge in [0.1, 0.15) is 6.61 Å². The predicted octanol–water partition coefficient (Wildman–Crippen LogP) is 3.42. The van der Waals surface area contributed by atoms with E-state index in [1.165, 1.54) is 11.8 Å². The number of amides is 2. The van der Waals surface area contributed by atoms with Crippen molar-refractivity contribution in [1.82, 2.24) is 0 Å². The molecule has 0 fully saturated rings. The SMILES string of the molecule is CC(=O)N(C)c1ccc(NC(=O)OCc2ccccc2)cc1. The fourth-order valence-electron chi connectivity index (χ4n) is 1.83. The second-order valence-electron chi connectivity index (χ2n) is 4.81. The van der Waals surface area contributed by atoms with Crippen molar-refractivity contribution in [3.63, 3.8) is 0 Å². The lowest BCUT2D eigenvalue weighted by Gasteiger charge is -2.15. The van der Waals surface area contributed by atoms with Crippen LogP contribution in [0.4, 0.5) is 16.2 Å². The summed E-state index contributed by atoms with van der Waals surface area (Å²) >= 11 is 0. The number of hydrogen-bond donors (Lipinski definition) is 1. The Hall–Kier alpha value is -2.82. The maximum Gasteiger partial charge on any atom is 0.411 e. The van der Waals surface area contributed by atoms with E-state index >= 15 is 0 Å². The van der Waals surface area contributed by atoms with Crippen molar-refractivity contribution >= 4 is 23.4 Å². The van der Waals surface area contributed by atoms with E-state index < -0.39 is 6.09 Å².